The molecule has 0 amide bonds. The number of hydrogen-bond donors (Lipinski definition) is 1. The molecular formula is C11H21N3O. The molecule has 0 aromatic carbocycles. The second-order valence-corrected chi connectivity index (χ2v) is 3.90. The summed E-state index contributed by atoms with van der Waals surface area (Å²) in [5.74, 6) is 0.919. The van der Waals surface area contributed by atoms with Gasteiger partial charge in [-0.05, 0) is 13.3 Å². The highest BCUT2D eigenvalue weighted by Crippen LogP contribution is 2.10. The summed E-state index contributed by atoms with van der Waals surface area (Å²) in [4.78, 5) is 4.41. The van der Waals surface area contributed by atoms with Crippen molar-refractivity contribution in [2.24, 2.45) is 7.05 Å². The van der Waals surface area contributed by atoms with E-state index in [1.165, 1.54) is 0 Å². The smallest absolute Gasteiger partial charge is 0.203 e. The van der Waals surface area contributed by atoms with Gasteiger partial charge in [0.2, 0.25) is 5.95 Å². The van der Waals surface area contributed by atoms with Gasteiger partial charge in [0.1, 0.15) is 0 Å². The minimum atomic E-state index is 0.348. The molecule has 0 radical (unpaired) electrons. The predicted octanol–water partition coefficient (Wildman–Crippen LogP) is 1.96. The fourth-order valence-corrected chi connectivity index (χ4v) is 1.68. The first-order chi connectivity index (χ1) is 7.17. The normalized spacial score (nSPS) is 12.8. The van der Waals surface area contributed by atoms with Crippen LogP contribution in [0.25, 0.3) is 0 Å². The van der Waals surface area contributed by atoms with Crippen molar-refractivity contribution in [3.8, 4) is 0 Å². The van der Waals surface area contributed by atoms with Crippen LogP contribution < -0.4 is 5.32 Å². The largest absolute Gasteiger partial charge is 0.383 e. The molecule has 4 nitrogen and oxygen atoms in total. The van der Waals surface area contributed by atoms with Gasteiger partial charge in [0, 0.05) is 20.4 Å². The first kappa shape index (κ1) is 12.0. The van der Waals surface area contributed by atoms with Gasteiger partial charge >= 0.3 is 0 Å². The lowest BCUT2D eigenvalue weighted by molar-refractivity contribution is 0.182. The van der Waals surface area contributed by atoms with Gasteiger partial charge in [0.25, 0.3) is 0 Å². The molecule has 0 fully saturated rings. The molecule has 1 rings (SSSR count). The van der Waals surface area contributed by atoms with Crippen molar-refractivity contribution >= 4 is 5.95 Å². The summed E-state index contributed by atoms with van der Waals surface area (Å²) in [6.07, 6.45) is 4.25. The van der Waals surface area contributed by atoms with E-state index in [9.17, 15) is 0 Å². The molecule has 1 N–H and O–H groups in total. The molecule has 0 bridgehead atoms. The minimum Gasteiger partial charge on any atom is -0.383 e. The molecule has 1 atom stereocenters. The molecule has 0 aliphatic rings. The lowest BCUT2D eigenvalue weighted by Crippen LogP contribution is -2.26. The summed E-state index contributed by atoms with van der Waals surface area (Å²) in [7, 11) is 3.73. The lowest BCUT2D eigenvalue weighted by Gasteiger charge is -2.17. The highest BCUT2D eigenvalue weighted by atomic mass is 16.5. The predicted molar refractivity (Wildman–Crippen MR) is 62.1 cm³/mol. The number of anilines is 1. The fourth-order valence-electron chi connectivity index (χ4n) is 1.68. The van der Waals surface area contributed by atoms with Gasteiger partial charge in [0.05, 0.1) is 18.3 Å². The van der Waals surface area contributed by atoms with Gasteiger partial charge < -0.3 is 14.6 Å². The number of rotatable bonds is 6. The Kier molecular flexibility index (Phi) is 4.62. The topological polar surface area (TPSA) is 39.1 Å². The monoisotopic (exact) mass is 211 g/mol. The van der Waals surface area contributed by atoms with Crippen LogP contribution in [-0.2, 0) is 11.8 Å². The molecular weight excluding hydrogens is 190 g/mol. The Hall–Kier alpha value is -1.03. The van der Waals surface area contributed by atoms with E-state index in [0.29, 0.717) is 6.04 Å². The van der Waals surface area contributed by atoms with E-state index in [1.54, 1.807) is 7.11 Å². The third-order valence-electron chi connectivity index (χ3n) is 2.34. The third kappa shape index (κ3) is 3.55. The zero-order chi connectivity index (χ0) is 11.3. The summed E-state index contributed by atoms with van der Waals surface area (Å²) in [6.45, 7) is 4.89. The van der Waals surface area contributed by atoms with Crippen LogP contribution in [0.15, 0.2) is 6.20 Å². The summed E-state index contributed by atoms with van der Waals surface area (Å²) < 4.78 is 7.18. The molecule has 0 saturated heterocycles. The second-order valence-electron chi connectivity index (χ2n) is 3.90. The lowest BCUT2D eigenvalue weighted by atomic mass is 10.2. The quantitative estimate of drug-likeness (QED) is 0.781. The number of hydrogen-bond acceptors (Lipinski definition) is 3. The number of nitrogens with zero attached hydrogens (tertiary/aromatic N) is 2. The van der Waals surface area contributed by atoms with E-state index >= 15 is 0 Å². The van der Waals surface area contributed by atoms with E-state index in [-0.39, 0.29) is 0 Å². The molecule has 0 saturated carbocycles. The van der Waals surface area contributed by atoms with Crippen LogP contribution in [0.2, 0.25) is 0 Å². The first-order valence-electron chi connectivity index (χ1n) is 5.42. The minimum absolute atomic E-state index is 0.348. The van der Waals surface area contributed by atoms with Crippen LogP contribution in [0.5, 0.6) is 0 Å². The maximum atomic E-state index is 5.18. The van der Waals surface area contributed by atoms with Crippen LogP contribution in [-0.4, -0.2) is 29.3 Å². The number of aryl methyl sites for hydroxylation is 2. The van der Waals surface area contributed by atoms with E-state index in [4.69, 9.17) is 4.74 Å². The molecule has 0 aliphatic carbocycles. The Balaban J connectivity index is 2.60. The number of methoxy groups -OCH3 is 1. The SMILES string of the molecule is CCCC(COC)Nc1nc(C)cn1C. The molecule has 1 aromatic heterocycles. The van der Waals surface area contributed by atoms with Crippen molar-refractivity contribution < 1.29 is 4.74 Å². The Morgan fingerprint density at radius 2 is 2.33 bits per heavy atom. The van der Waals surface area contributed by atoms with E-state index in [0.717, 1.165) is 31.1 Å². The van der Waals surface area contributed by atoms with Gasteiger partial charge in [0.15, 0.2) is 0 Å². The van der Waals surface area contributed by atoms with E-state index < -0.39 is 0 Å². The number of nitrogens with one attached hydrogen (secondary N) is 1. The Morgan fingerprint density at radius 3 is 2.80 bits per heavy atom. The third-order valence-corrected chi connectivity index (χ3v) is 2.34. The summed E-state index contributed by atoms with van der Waals surface area (Å²) in [5.41, 5.74) is 1.03. The zero-order valence-corrected chi connectivity index (χ0v) is 10.1. The van der Waals surface area contributed by atoms with Crippen LogP contribution in [0.3, 0.4) is 0 Å². The summed E-state index contributed by atoms with van der Waals surface area (Å²) in [6, 6.07) is 0.348. The molecule has 1 heterocycles. The average Bonchev–Trinajstić information content (AvgIpc) is 2.46. The van der Waals surface area contributed by atoms with E-state index in [2.05, 4.69) is 17.2 Å². The van der Waals surface area contributed by atoms with Crippen molar-refractivity contribution in [2.45, 2.75) is 32.7 Å². The van der Waals surface area contributed by atoms with Crippen molar-refractivity contribution in [2.75, 3.05) is 19.0 Å². The fraction of sp³-hybridized carbons (Fsp3) is 0.727. The van der Waals surface area contributed by atoms with Gasteiger partial charge in [-0.15, -0.1) is 0 Å². The first-order valence-corrected chi connectivity index (χ1v) is 5.42. The van der Waals surface area contributed by atoms with Crippen LogP contribution >= 0.6 is 0 Å². The number of ether oxygens (including phenoxy) is 1. The standard InChI is InChI=1S/C11H21N3O/c1-5-6-10(8-15-4)13-11-12-9(2)7-14(11)3/h7,10H,5-6,8H2,1-4H3,(H,12,13). The second kappa shape index (κ2) is 5.75. The number of imidazole rings is 1. The van der Waals surface area contributed by atoms with Gasteiger partial charge in [-0.2, -0.15) is 0 Å². The van der Waals surface area contributed by atoms with Crippen molar-refractivity contribution in [1.29, 1.82) is 0 Å². The maximum absolute atomic E-state index is 5.18. The molecule has 1 aromatic rings. The molecule has 86 valence electrons. The van der Waals surface area contributed by atoms with Crippen molar-refractivity contribution in [3.63, 3.8) is 0 Å². The van der Waals surface area contributed by atoms with Crippen LogP contribution in [0, 0.1) is 6.92 Å². The van der Waals surface area contributed by atoms with Crippen LogP contribution in [0.1, 0.15) is 25.5 Å². The van der Waals surface area contributed by atoms with Crippen LogP contribution in [0.4, 0.5) is 5.95 Å². The summed E-state index contributed by atoms with van der Waals surface area (Å²) in [5, 5.41) is 3.40. The Labute approximate surface area is 91.7 Å². The molecule has 0 aliphatic heterocycles. The highest BCUT2D eigenvalue weighted by molar-refractivity contribution is 5.29. The number of aromatic nitrogens is 2. The zero-order valence-electron chi connectivity index (χ0n) is 10.1. The Morgan fingerprint density at radius 1 is 1.60 bits per heavy atom. The van der Waals surface area contributed by atoms with Gasteiger partial charge in [-0.1, -0.05) is 13.3 Å². The summed E-state index contributed by atoms with van der Waals surface area (Å²) >= 11 is 0. The van der Waals surface area contributed by atoms with Gasteiger partial charge in [-0.3, -0.25) is 0 Å². The highest BCUT2D eigenvalue weighted by Gasteiger charge is 2.10. The Bertz CT molecular complexity index is 290. The van der Waals surface area contributed by atoms with E-state index in [1.807, 2.05) is 24.7 Å². The molecule has 1 unspecified atom stereocenters. The average molecular weight is 211 g/mol. The molecule has 15 heavy (non-hydrogen) atoms. The molecule has 0 spiro atoms. The molecule has 4 heteroatoms. The van der Waals surface area contributed by atoms with Gasteiger partial charge in [-0.25, -0.2) is 4.98 Å². The van der Waals surface area contributed by atoms with Crippen molar-refractivity contribution in [1.82, 2.24) is 9.55 Å². The maximum Gasteiger partial charge on any atom is 0.203 e. The van der Waals surface area contributed by atoms with Crippen molar-refractivity contribution in [3.05, 3.63) is 11.9 Å².